The summed E-state index contributed by atoms with van der Waals surface area (Å²) in [5.41, 5.74) is 0. The van der Waals surface area contributed by atoms with E-state index < -0.39 is 7.82 Å². The average molecular weight is 158 g/mol. The smallest absolute Gasteiger partial charge is 1.00 e. The molecule has 0 aromatic rings. The number of hydrogen-bond acceptors (Lipinski definition) is 3. The molecule has 0 spiro atoms. The van der Waals surface area contributed by atoms with Crippen LogP contribution in [0.25, 0.3) is 0 Å². The fourth-order valence-electron chi connectivity index (χ4n) is 0. The van der Waals surface area contributed by atoms with E-state index in [0.29, 0.717) is 0 Å². The van der Waals surface area contributed by atoms with Crippen LogP contribution in [0.2, 0.25) is 0 Å². The standard InChI is InChI=1S/Mg.2H3N.H3O4P.2H/c;;;1-5(2,3)4;;/h;2*1H3;(H3,1,2,3,4);;/q+2;;;;2*-1. The van der Waals surface area contributed by atoms with Gasteiger partial charge in [-0.15, -0.1) is 0 Å². The molecule has 0 fully saturated rings. The van der Waals surface area contributed by atoms with Crippen LogP contribution in [0.15, 0.2) is 0 Å². The maximum absolute atomic E-state index is 8.88. The largest absolute Gasteiger partial charge is 2.00 e. The average Bonchev–Trinajstić information content (AvgIpc) is 0.722. The summed E-state index contributed by atoms with van der Waals surface area (Å²) in [6.07, 6.45) is 0. The summed E-state index contributed by atoms with van der Waals surface area (Å²) in [5, 5.41) is 0. The van der Waals surface area contributed by atoms with Crippen LogP contribution < -0.4 is 12.3 Å². The van der Waals surface area contributed by atoms with E-state index in [1.807, 2.05) is 0 Å². The van der Waals surface area contributed by atoms with Gasteiger partial charge < -0.3 is 29.8 Å². The molecule has 0 radical (unpaired) electrons. The van der Waals surface area contributed by atoms with E-state index in [2.05, 4.69) is 0 Å². The molecule has 0 aliphatic carbocycles. The van der Waals surface area contributed by atoms with Crippen molar-refractivity contribution in [3.63, 3.8) is 0 Å². The van der Waals surface area contributed by atoms with Crippen LogP contribution in [0.5, 0.6) is 0 Å². The predicted octanol–water partition coefficient (Wildman–Crippen LogP) is -0.760. The van der Waals surface area contributed by atoms with Gasteiger partial charge >= 0.3 is 30.9 Å². The van der Waals surface area contributed by atoms with E-state index >= 15 is 0 Å². The molecule has 0 aromatic carbocycles. The van der Waals surface area contributed by atoms with Crippen molar-refractivity contribution in [2.75, 3.05) is 0 Å². The van der Waals surface area contributed by atoms with Gasteiger partial charge in [0.25, 0.3) is 0 Å². The minimum Gasteiger partial charge on any atom is -1.00 e. The predicted molar refractivity (Wildman–Crippen MR) is 32.3 cm³/mol. The van der Waals surface area contributed by atoms with E-state index in [4.69, 9.17) is 19.2 Å². The molecule has 0 heterocycles. The van der Waals surface area contributed by atoms with Gasteiger partial charge in [-0.05, 0) is 0 Å². The van der Waals surface area contributed by atoms with Gasteiger partial charge in [-0.25, -0.2) is 4.57 Å². The Morgan fingerprint density at radius 3 is 1.12 bits per heavy atom. The summed E-state index contributed by atoms with van der Waals surface area (Å²) < 4.78 is 8.88. The van der Waals surface area contributed by atoms with Crippen LogP contribution in [-0.4, -0.2) is 37.7 Å². The monoisotopic (exact) mass is 158 g/mol. The molecule has 9 N–H and O–H groups in total. The molecule has 0 rings (SSSR count). The zero-order valence-corrected chi connectivity index (χ0v) is 6.63. The minimum absolute atomic E-state index is 0. The second-order valence-electron chi connectivity index (χ2n) is 0.513. The Balaban J connectivity index is -0.00000000800. The number of rotatable bonds is 0. The van der Waals surface area contributed by atoms with Gasteiger partial charge in [-0.2, -0.15) is 0 Å². The van der Waals surface area contributed by atoms with Crippen LogP contribution in [0.1, 0.15) is 2.85 Å². The summed E-state index contributed by atoms with van der Waals surface area (Å²) in [6.45, 7) is 0. The van der Waals surface area contributed by atoms with Crippen molar-refractivity contribution in [1.29, 1.82) is 0 Å². The molecule has 0 aliphatic rings. The zero-order valence-electron chi connectivity index (χ0n) is 6.32. The van der Waals surface area contributed by atoms with E-state index in [1.54, 1.807) is 0 Å². The molecule has 0 bridgehead atoms. The Labute approximate surface area is 65.8 Å². The van der Waals surface area contributed by atoms with Crippen LogP contribution >= 0.6 is 7.82 Å². The van der Waals surface area contributed by atoms with Gasteiger partial charge in [-0.3, -0.25) is 0 Å². The molecule has 0 atom stereocenters. The Hall–Kier alpha value is 0.796. The van der Waals surface area contributed by atoms with Crippen molar-refractivity contribution in [3.8, 4) is 0 Å². The molecular weight excluding hydrogens is 147 g/mol. The van der Waals surface area contributed by atoms with Crippen LogP contribution in [0.4, 0.5) is 0 Å². The molecule has 52 valence electrons. The Bertz CT molecular complexity index is 67.4. The van der Waals surface area contributed by atoms with Gasteiger partial charge in [0.1, 0.15) is 0 Å². The van der Waals surface area contributed by atoms with E-state index in [1.165, 1.54) is 0 Å². The SMILES string of the molecule is N.N.O=P(O)(O)O.[H-].[H-].[Mg+2]. The molecule has 0 unspecified atom stereocenters. The summed E-state index contributed by atoms with van der Waals surface area (Å²) in [4.78, 5) is 21.6. The van der Waals surface area contributed by atoms with E-state index in [9.17, 15) is 0 Å². The molecular formula is H11MgN2O4P. The first-order chi connectivity index (χ1) is 2.00. The van der Waals surface area contributed by atoms with Crippen LogP contribution in [-0.2, 0) is 4.57 Å². The minimum atomic E-state index is -4.64. The van der Waals surface area contributed by atoms with Crippen molar-refractivity contribution in [2.45, 2.75) is 0 Å². The Kier molecular flexibility index (Phi) is 22.6. The van der Waals surface area contributed by atoms with Gasteiger partial charge in [0.05, 0.1) is 0 Å². The van der Waals surface area contributed by atoms with E-state index in [-0.39, 0.29) is 38.2 Å². The summed E-state index contributed by atoms with van der Waals surface area (Å²) >= 11 is 0. The maximum atomic E-state index is 8.88. The summed E-state index contributed by atoms with van der Waals surface area (Å²) in [7, 11) is -4.64. The van der Waals surface area contributed by atoms with Crippen molar-refractivity contribution >= 4 is 30.9 Å². The van der Waals surface area contributed by atoms with Gasteiger partial charge in [0, 0.05) is 0 Å². The molecule has 0 amide bonds. The maximum Gasteiger partial charge on any atom is 2.00 e. The van der Waals surface area contributed by atoms with Crippen molar-refractivity contribution in [2.24, 2.45) is 0 Å². The topological polar surface area (TPSA) is 148 Å². The van der Waals surface area contributed by atoms with E-state index in [0.717, 1.165) is 0 Å². The molecule has 8 heavy (non-hydrogen) atoms. The first-order valence-corrected chi connectivity index (χ1v) is 2.35. The number of phosphoric acid groups is 1. The summed E-state index contributed by atoms with van der Waals surface area (Å²) in [6, 6.07) is 0. The summed E-state index contributed by atoms with van der Waals surface area (Å²) in [5.74, 6) is 0. The Morgan fingerprint density at radius 1 is 1.12 bits per heavy atom. The fraction of sp³-hybridized carbons (Fsp3) is 0. The first-order valence-electron chi connectivity index (χ1n) is 0.783. The van der Waals surface area contributed by atoms with Crippen molar-refractivity contribution < 1.29 is 22.1 Å². The van der Waals surface area contributed by atoms with Crippen LogP contribution in [0, 0.1) is 0 Å². The third kappa shape index (κ3) is 360. The second-order valence-corrected chi connectivity index (χ2v) is 1.54. The fourth-order valence-corrected chi connectivity index (χ4v) is 0. The third-order valence-electron chi connectivity index (χ3n) is 0. The molecule has 8 heteroatoms. The molecule has 0 aliphatic heterocycles. The molecule has 6 nitrogen and oxygen atoms in total. The molecule has 0 saturated heterocycles. The third-order valence-corrected chi connectivity index (χ3v) is 0. The van der Waals surface area contributed by atoms with Crippen molar-refractivity contribution in [1.82, 2.24) is 12.3 Å². The second kappa shape index (κ2) is 7.80. The normalized spacial score (nSPS) is 7.38. The molecule has 0 aromatic heterocycles. The van der Waals surface area contributed by atoms with Gasteiger partial charge in [0.15, 0.2) is 0 Å². The van der Waals surface area contributed by atoms with Crippen molar-refractivity contribution in [3.05, 3.63) is 0 Å². The quantitative estimate of drug-likeness (QED) is 0.231. The molecule has 0 saturated carbocycles. The number of hydrogen-bond donors (Lipinski definition) is 5. The van der Waals surface area contributed by atoms with Gasteiger partial charge in [-0.1, -0.05) is 0 Å². The zero-order chi connectivity index (χ0) is 4.50. The Morgan fingerprint density at radius 2 is 1.12 bits per heavy atom. The van der Waals surface area contributed by atoms with Gasteiger partial charge in [0.2, 0.25) is 0 Å². The van der Waals surface area contributed by atoms with Crippen LogP contribution in [0.3, 0.4) is 0 Å². The first kappa shape index (κ1) is 23.2.